The second kappa shape index (κ2) is 13.1. The summed E-state index contributed by atoms with van der Waals surface area (Å²) < 4.78 is 0. The van der Waals surface area contributed by atoms with Gasteiger partial charge in [0.15, 0.2) is 0 Å². The second-order valence-corrected chi connectivity index (χ2v) is 8.41. The van der Waals surface area contributed by atoms with Crippen LogP contribution in [0, 0.1) is 23.7 Å². The van der Waals surface area contributed by atoms with Gasteiger partial charge >= 0.3 is 0 Å². The summed E-state index contributed by atoms with van der Waals surface area (Å²) in [6.45, 7) is 13.4. The van der Waals surface area contributed by atoms with Gasteiger partial charge in [-0.1, -0.05) is 92.4 Å². The molecule has 0 fully saturated rings. The Bertz CT molecular complexity index is 269. The van der Waals surface area contributed by atoms with E-state index < -0.39 is 0 Å². The monoisotopic (exact) mass is 310 g/mol. The molecule has 0 aliphatic heterocycles. The van der Waals surface area contributed by atoms with Gasteiger partial charge in [-0.2, -0.15) is 0 Å². The first-order chi connectivity index (χ1) is 10.3. The average molecular weight is 311 g/mol. The summed E-state index contributed by atoms with van der Waals surface area (Å²) in [6.07, 6.45) is 13.0. The van der Waals surface area contributed by atoms with Crippen LogP contribution in [0.15, 0.2) is 0 Å². The molecule has 0 rings (SSSR count). The summed E-state index contributed by atoms with van der Waals surface area (Å²) in [5.41, 5.74) is 0. The number of carbonyl (C=O) groups is 1. The zero-order chi connectivity index (χ0) is 17.0. The van der Waals surface area contributed by atoms with Crippen molar-refractivity contribution in [3.63, 3.8) is 0 Å². The standard InChI is InChI=1S/C21H42O/c1-17(2)10-7-11-18(3)12-8-13-19(4)14-9-15-20(5)16-21(6)22/h17-20H,7-16H2,1-6H3. The minimum Gasteiger partial charge on any atom is -0.300 e. The quantitative estimate of drug-likeness (QED) is 0.336. The van der Waals surface area contributed by atoms with E-state index in [4.69, 9.17) is 0 Å². The minimum atomic E-state index is 0.340. The van der Waals surface area contributed by atoms with Crippen molar-refractivity contribution in [3.8, 4) is 0 Å². The summed E-state index contributed by atoms with van der Waals surface area (Å²) in [6, 6.07) is 0. The van der Waals surface area contributed by atoms with Gasteiger partial charge in [-0.15, -0.1) is 0 Å². The highest BCUT2D eigenvalue weighted by molar-refractivity contribution is 5.75. The lowest BCUT2D eigenvalue weighted by molar-refractivity contribution is -0.117. The molecule has 132 valence electrons. The van der Waals surface area contributed by atoms with Crippen LogP contribution in [0.2, 0.25) is 0 Å². The van der Waals surface area contributed by atoms with Crippen molar-refractivity contribution in [2.24, 2.45) is 23.7 Å². The van der Waals surface area contributed by atoms with Crippen molar-refractivity contribution < 1.29 is 4.79 Å². The molecule has 3 unspecified atom stereocenters. The summed E-state index contributed by atoms with van der Waals surface area (Å²) in [5, 5.41) is 0. The predicted octanol–water partition coefficient (Wildman–Crippen LogP) is 7.04. The van der Waals surface area contributed by atoms with Gasteiger partial charge in [-0.05, 0) is 30.6 Å². The van der Waals surface area contributed by atoms with E-state index in [-0.39, 0.29) is 0 Å². The summed E-state index contributed by atoms with van der Waals surface area (Å²) in [4.78, 5) is 11.1. The Hall–Kier alpha value is -0.330. The van der Waals surface area contributed by atoms with E-state index in [0.717, 1.165) is 24.2 Å². The average Bonchev–Trinajstić information content (AvgIpc) is 2.37. The molecule has 0 N–H and O–H groups in total. The SMILES string of the molecule is CC(=O)CC(C)CCCC(C)CCCC(C)CCCC(C)C. The molecule has 1 nitrogen and oxygen atoms in total. The third kappa shape index (κ3) is 14.6. The molecular weight excluding hydrogens is 268 g/mol. The Balaban J connectivity index is 3.52. The molecule has 0 bridgehead atoms. The van der Waals surface area contributed by atoms with E-state index in [1.807, 2.05) is 0 Å². The van der Waals surface area contributed by atoms with Crippen LogP contribution in [0.5, 0.6) is 0 Å². The molecule has 0 saturated heterocycles. The molecule has 0 spiro atoms. The maximum atomic E-state index is 11.1. The Morgan fingerprint density at radius 1 is 0.636 bits per heavy atom. The van der Waals surface area contributed by atoms with Gasteiger partial charge in [0.05, 0.1) is 0 Å². The summed E-state index contributed by atoms with van der Waals surface area (Å²) >= 11 is 0. The molecule has 0 aromatic rings. The van der Waals surface area contributed by atoms with E-state index in [0.29, 0.717) is 11.7 Å². The van der Waals surface area contributed by atoms with Crippen LogP contribution in [0.25, 0.3) is 0 Å². The van der Waals surface area contributed by atoms with Gasteiger partial charge in [-0.3, -0.25) is 0 Å². The Morgan fingerprint density at radius 3 is 1.36 bits per heavy atom. The Labute approximate surface area is 140 Å². The van der Waals surface area contributed by atoms with Gasteiger partial charge in [0.1, 0.15) is 5.78 Å². The fourth-order valence-electron chi connectivity index (χ4n) is 3.39. The Kier molecular flexibility index (Phi) is 12.9. The molecule has 0 radical (unpaired) electrons. The third-order valence-electron chi connectivity index (χ3n) is 4.90. The van der Waals surface area contributed by atoms with Crippen LogP contribution in [-0.4, -0.2) is 5.78 Å². The van der Waals surface area contributed by atoms with Gasteiger partial charge in [-0.25, -0.2) is 0 Å². The fraction of sp³-hybridized carbons (Fsp3) is 0.952. The molecule has 0 aliphatic rings. The number of ketones is 1. The lowest BCUT2D eigenvalue weighted by atomic mass is 9.90. The summed E-state index contributed by atoms with van der Waals surface area (Å²) in [7, 11) is 0. The molecule has 0 aromatic carbocycles. The maximum Gasteiger partial charge on any atom is 0.130 e. The first-order valence-corrected chi connectivity index (χ1v) is 9.80. The first-order valence-electron chi connectivity index (χ1n) is 9.80. The lowest BCUT2D eigenvalue weighted by Crippen LogP contribution is -2.03. The van der Waals surface area contributed by atoms with Crippen molar-refractivity contribution >= 4 is 5.78 Å². The van der Waals surface area contributed by atoms with Crippen LogP contribution in [0.1, 0.15) is 106 Å². The van der Waals surface area contributed by atoms with Crippen molar-refractivity contribution in [2.75, 3.05) is 0 Å². The van der Waals surface area contributed by atoms with Crippen LogP contribution in [0.3, 0.4) is 0 Å². The van der Waals surface area contributed by atoms with Crippen LogP contribution >= 0.6 is 0 Å². The second-order valence-electron chi connectivity index (χ2n) is 8.41. The van der Waals surface area contributed by atoms with Gasteiger partial charge in [0, 0.05) is 6.42 Å². The smallest absolute Gasteiger partial charge is 0.130 e. The van der Waals surface area contributed by atoms with E-state index >= 15 is 0 Å². The van der Waals surface area contributed by atoms with Crippen LogP contribution < -0.4 is 0 Å². The number of carbonyl (C=O) groups excluding carboxylic acids is 1. The zero-order valence-corrected chi connectivity index (χ0v) is 16.3. The van der Waals surface area contributed by atoms with Crippen molar-refractivity contribution in [3.05, 3.63) is 0 Å². The molecule has 0 heterocycles. The Morgan fingerprint density at radius 2 is 1.00 bits per heavy atom. The van der Waals surface area contributed by atoms with E-state index in [1.165, 1.54) is 57.8 Å². The highest BCUT2D eigenvalue weighted by atomic mass is 16.1. The molecule has 22 heavy (non-hydrogen) atoms. The molecule has 0 saturated carbocycles. The topological polar surface area (TPSA) is 17.1 Å². The van der Waals surface area contributed by atoms with E-state index in [2.05, 4.69) is 34.6 Å². The van der Waals surface area contributed by atoms with Gasteiger partial charge in [0.25, 0.3) is 0 Å². The highest BCUT2D eigenvalue weighted by Crippen LogP contribution is 2.22. The molecule has 0 aromatic heterocycles. The van der Waals surface area contributed by atoms with Crippen molar-refractivity contribution in [2.45, 2.75) is 106 Å². The molecule has 3 atom stereocenters. The van der Waals surface area contributed by atoms with Gasteiger partial charge < -0.3 is 4.79 Å². The van der Waals surface area contributed by atoms with Crippen molar-refractivity contribution in [1.82, 2.24) is 0 Å². The van der Waals surface area contributed by atoms with Crippen LogP contribution in [-0.2, 0) is 4.79 Å². The maximum absolute atomic E-state index is 11.1. The van der Waals surface area contributed by atoms with Gasteiger partial charge in [0.2, 0.25) is 0 Å². The van der Waals surface area contributed by atoms with E-state index in [9.17, 15) is 4.79 Å². The normalized spacial score (nSPS) is 15.8. The largest absolute Gasteiger partial charge is 0.300 e. The predicted molar refractivity (Wildman–Crippen MR) is 99.2 cm³/mol. The number of hydrogen-bond donors (Lipinski definition) is 0. The molecular formula is C21H42O. The molecule has 0 amide bonds. The minimum absolute atomic E-state index is 0.340. The van der Waals surface area contributed by atoms with E-state index in [1.54, 1.807) is 6.92 Å². The summed E-state index contributed by atoms with van der Waals surface area (Å²) in [5.74, 6) is 3.53. The number of hydrogen-bond acceptors (Lipinski definition) is 1. The number of Topliss-reactive ketones (excluding diaryl/α,β-unsaturated/α-hetero) is 1. The number of rotatable bonds is 14. The molecule has 0 aliphatic carbocycles. The first kappa shape index (κ1) is 21.7. The zero-order valence-electron chi connectivity index (χ0n) is 16.3. The van der Waals surface area contributed by atoms with Crippen LogP contribution in [0.4, 0.5) is 0 Å². The third-order valence-corrected chi connectivity index (χ3v) is 4.90. The van der Waals surface area contributed by atoms with Crippen molar-refractivity contribution in [1.29, 1.82) is 0 Å². The fourth-order valence-corrected chi connectivity index (χ4v) is 3.39. The molecule has 1 heteroatoms. The highest BCUT2D eigenvalue weighted by Gasteiger charge is 2.09. The lowest BCUT2D eigenvalue weighted by Gasteiger charge is -2.16.